The molecule has 0 radical (unpaired) electrons. The molecule has 0 unspecified atom stereocenters. The van der Waals surface area contributed by atoms with Crippen molar-refractivity contribution in [1.29, 1.82) is 0 Å². The van der Waals surface area contributed by atoms with Crippen LogP contribution in [0.4, 0.5) is 5.69 Å². The van der Waals surface area contributed by atoms with Crippen LogP contribution in [0, 0.1) is 18.8 Å². The lowest BCUT2D eigenvalue weighted by molar-refractivity contribution is -0.114. The molecule has 0 spiro atoms. The van der Waals surface area contributed by atoms with Crippen molar-refractivity contribution in [3.8, 4) is 0 Å². The van der Waals surface area contributed by atoms with Crippen LogP contribution in [0.15, 0.2) is 52.3 Å². The maximum atomic E-state index is 13.0. The number of amides is 2. The zero-order chi connectivity index (χ0) is 24.2. The van der Waals surface area contributed by atoms with E-state index in [9.17, 15) is 9.59 Å². The second-order valence-corrected chi connectivity index (χ2v) is 10.9. The predicted molar refractivity (Wildman–Crippen MR) is 141 cm³/mol. The minimum atomic E-state index is -0.0877. The SMILES string of the molecule is Cc1ccccc1/C=C1\Sc2ccc(C(=O)NCCCN3C[C@H](C)C[C@@H](C)C3)cc2N(C)C1=O. The molecule has 2 heterocycles. The normalized spacial score (nSPS) is 22.1. The molecule has 0 bridgehead atoms. The van der Waals surface area contributed by atoms with E-state index in [1.807, 2.05) is 55.5 Å². The number of thioether (sulfide) groups is 1. The highest BCUT2D eigenvalue weighted by Gasteiger charge is 2.27. The fraction of sp³-hybridized carbons (Fsp3) is 0.429. The molecule has 6 heteroatoms. The van der Waals surface area contributed by atoms with Crippen LogP contribution in [0.2, 0.25) is 0 Å². The van der Waals surface area contributed by atoms with Crippen LogP contribution in [0.5, 0.6) is 0 Å². The summed E-state index contributed by atoms with van der Waals surface area (Å²) >= 11 is 1.46. The molecule has 34 heavy (non-hydrogen) atoms. The Hall–Kier alpha value is -2.57. The van der Waals surface area contributed by atoms with E-state index in [1.54, 1.807) is 11.9 Å². The highest BCUT2D eigenvalue weighted by atomic mass is 32.2. The molecule has 1 saturated heterocycles. The molecule has 2 aliphatic rings. The maximum absolute atomic E-state index is 13.0. The van der Waals surface area contributed by atoms with Crippen LogP contribution in [-0.2, 0) is 4.79 Å². The number of carbonyl (C=O) groups is 2. The van der Waals surface area contributed by atoms with E-state index in [-0.39, 0.29) is 11.8 Å². The Balaban J connectivity index is 1.37. The molecular formula is C28H35N3O2S. The van der Waals surface area contributed by atoms with Crippen LogP contribution in [-0.4, -0.2) is 49.9 Å². The largest absolute Gasteiger partial charge is 0.352 e. The van der Waals surface area contributed by atoms with Gasteiger partial charge in [0.2, 0.25) is 0 Å². The quantitative estimate of drug-likeness (QED) is 0.459. The van der Waals surface area contributed by atoms with Crippen molar-refractivity contribution in [2.75, 3.05) is 38.1 Å². The standard InChI is InChI=1S/C28H35N3O2S/c1-19-14-20(2)18-31(17-19)13-7-12-29-27(32)23-10-11-25-24(15-23)30(4)28(33)26(34-25)16-22-9-6-5-8-21(22)3/h5-6,8-11,15-16,19-20H,7,12-14,17-18H2,1-4H3,(H,29,32)/b26-16-/t19-,20-/m1/s1. The van der Waals surface area contributed by atoms with Crippen molar-refractivity contribution < 1.29 is 9.59 Å². The zero-order valence-electron chi connectivity index (χ0n) is 20.6. The smallest absolute Gasteiger partial charge is 0.264 e. The Labute approximate surface area is 207 Å². The van der Waals surface area contributed by atoms with Gasteiger partial charge in [0.1, 0.15) is 0 Å². The van der Waals surface area contributed by atoms with Crippen LogP contribution in [0.3, 0.4) is 0 Å². The lowest BCUT2D eigenvalue weighted by Crippen LogP contribution is -2.40. The van der Waals surface area contributed by atoms with Gasteiger partial charge in [0.05, 0.1) is 10.6 Å². The van der Waals surface area contributed by atoms with E-state index < -0.39 is 0 Å². The number of anilines is 1. The molecule has 2 amide bonds. The number of carbonyl (C=O) groups excluding carboxylic acids is 2. The minimum absolute atomic E-state index is 0.0525. The van der Waals surface area contributed by atoms with Crippen molar-refractivity contribution in [3.63, 3.8) is 0 Å². The van der Waals surface area contributed by atoms with E-state index in [4.69, 9.17) is 0 Å². The summed E-state index contributed by atoms with van der Waals surface area (Å²) in [5.74, 6) is 1.36. The number of rotatable bonds is 6. The van der Waals surface area contributed by atoms with Crippen LogP contribution < -0.4 is 10.2 Å². The first-order valence-electron chi connectivity index (χ1n) is 12.2. The average molecular weight is 478 g/mol. The molecule has 0 saturated carbocycles. The number of nitrogens with one attached hydrogen (secondary N) is 1. The molecule has 1 fully saturated rings. The topological polar surface area (TPSA) is 52.7 Å². The monoisotopic (exact) mass is 477 g/mol. The number of nitrogens with zero attached hydrogens (tertiary/aromatic N) is 2. The Bertz CT molecular complexity index is 1090. The van der Waals surface area contributed by atoms with Gasteiger partial charge in [-0.2, -0.15) is 0 Å². The van der Waals surface area contributed by atoms with Crippen molar-refractivity contribution >= 4 is 35.3 Å². The summed E-state index contributed by atoms with van der Waals surface area (Å²) in [7, 11) is 1.77. The van der Waals surface area contributed by atoms with Gasteiger partial charge in [-0.25, -0.2) is 0 Å². The van der Waals surface area contributed by atoms with Gasteiger partial charge < -0.3 is 15.1 Å². The van der Waals surface area contributed by atoms with E-state index in [0.29, 0.717) is 17.0 Å². The van der Waals surface area contributed by atoms with Crippen molar-refractivity contribution in [2.24, 2.45) is 11.8 Å². The average Bonchev–Trinajstić information content (AvgIpc) is 2.80. The summed E-state index contributed by atoms with van der Waals surface area (Å²) in [6.45, 7) is 10.7. The molecule has 1 N–H and O–H groups in total. The molecule has 0 aromatic heterocycles. The molecule has 5 nitrogen and oxygen atoms in total. The number of hydrogen-bond donors (Lipinski definition) is 1. The van der Waals surface area contributed by atoms with Gasteiger partial charge in [0, 0.05) is 37.1 Å². The molecule has 2 atom stereocenters. The Kier molecular flexibility index (Phi) is 7.79. The lowest BCUT2D eigenvalue weighted by Gasteiger charge is -2.34. The number of benzene rings is 2. The summed E-state index contributed by atoms with van der Waals surface area (Å²) in [6.07, 6.45) is 4.20. The summed E-state index contributed by atoms with van der Waals surface area (Å²) in [4.78, 5) is 31.6. The lowest BCUT2D eigenvalue weighted by atomic mass is 9.92. The van der Waals surface area contributed by atoms with E-state index in [2.05, 4.69) is 24.1 Å². The van der Waals surface area contributed by atoms with Crippen molar-refractivity contribution in [1.82, 2.24) is 10.2 Å². The first-order chi connectivity index (χ1) is 16.3. The van der Waals surface area contributed by atoms with Gasteiger partial charge in [0.15, 0.2) is 0 Å². The first-order valence-corrected chi connectivity index (χ1v) is 13.0. The highest BCUT2D eigenvalue weighted by Crippen LogP contribution is 2.42. The van der Waals surface area contributed by atoms with Crippen molar-refractivity contribution in [2.45, 2.75) is 38.5 Å². The van der Waals surface area contributed by atoms with E-state index >= 15 is 0 Å². The van der Waals surface area contributed by atoms with Gasteiger partial charge in [-0.15, -0.1) is 0 Å². The van der Waals surface area contributed by atoms with Gasteiger partial charge in [-0.1, -0.05) is 49.9 Å². The van der Waals surface area contributed by atoms with E-state index in [1.165, 1.54) is 18.2 Å². The number of aryl methyl sites for hydroxylation is 1. The second-order valence-electron chi connectivity index (χ2n) is 9.83. The second kappa shape index (κ2) is 10.8. The highest BCUT2D eigenvalue weighted by molar-refractivity contribution is 8.04. The Morgan fingerprint density at radius 1 is 1.15 bits per heavy atom. The van der Waals surface area contributed by atoms with Gasteiger partial charge in [-0.3, -0.25) is 9.59 Å². The number of piperidine rings is 1. The Morgan fingerprint density at radius 3 is 2.62 bits per heavy atom. The summed E-state index contributed by atoms with van der Waals surface area (Å²) in [5.41, 5.74) is 3.54. The third kappa shape index (κ3) is 5.73. The zero-order valence-corrected chi connectivity index (χ0v) is 21.5. The molecule has 2 aromatic carbocycles. The third-order valence-corrected chi connectivity index (χ3v) is 7.75. The number of likely N-dealkylation sites (N-methyl/N-ethyl adjacent to an activating group) is 1. The minimum Gasteiger partial charge on any atom is -0.352 e. The number of hydrogen-bond acceptors (Lipinski definition) is 4. The summed E-state index contributed by atoms with van der Waals surface area (Å²) in [6, 6.07) is 13.7. The summed E-state index contributed by atoms with van der Waals surface area (Å²) < 4.78 is 0. The van der Waals surface area contributed by atoms with Gasteiger partial charge in [0.25, 0.3) is 11.8 Å². The van der Waals surface area contributed by atoms with Crippen LogP contribution >= 0.6 is 11.8 Å². The fourth-order valence-electron chi connectivity index (χ4n) is 5.01. The summed E-state index contributed by atoms with van der Waals surface area (Å²) in [5, 5.41) is 3.05. The predicted octanol–water partition coefficient (Wildman–Crippen LogP) is 5.20. The number of likely N-dealkylation sites (tertiary alicyclic amines) is 1. The van der Waals surface area contributed by atoms with Crippen molar-refractivity contribution in [3.05, 3.63) is 64.1 Å². The molecule has 2 aromatic rings. The van der Waals surface area contributed by atoms with Gasteiger partial charge >= 0.3 is 0 Å². The number of fused-ring (bicyclic) bond motifs is 1. The molecule has 0 aliphatic carbocycles. The van der Waals surface area contributed by atoms with E-state index in [0.717, 1.165) is 59.6 Å². The fourth-order valence-corrected chi connectivity index (χ4v) is 6.09. The third-order valence-electron chi connectivity index (χ3n) is 6.67. The molecule has 4 rings (SSSR count). The molecular weight excluding hydrogens is 442 g/mol. The van der Waals surface area contributed by atoms with Crippen LogP contribution in [0.1, 0.15) is 48.2 Å². The van der Waals surface area contributed by atoms with Gasteiger partial charge in [-0.05, 0) is 73.5 Å². The maximum Gasteiger partial charge on any atom is 0.264 e. The molecule has 2 aliphatic heterocycles. The molecule has 180 valence electrons. The Morgan fingerprint density at radius 2 is 1.88 bits per heavy atom. The first kappa shape index (κ1) is 24.6. The van der Waals surface area contributed by atoms with Crippen LogP contribution in [0.25, 0.3) is 6.08 Å².